The molecule has 2 fully saturated rings. The molecule has 2 saturated heterocycles. The third kappa shape index (κ3) is 8.45. The van der Waals surface area contributed by atoms with Crippen molar-refractivity contribution in [2.45, 2.75) is 18.9 Å². The molecule has 2 aliphatic rings. The first-order valence-electron chi connectivity index (χ1n) is 16.8. The summed E-state index contributed by atoms with van der Waals surface area (Å²) in [6.07, 6.45) is 4.00. The molecule has 0 spiro atoms. The first kappa shape index (κ1) is 36.6. The Hall–Kier alpha value is -5.21. The van der Waals surface area contributed by atoms with Crippen LogP contribution >= 0.6 is 24.0 Å². The summed E-state index contributed by atoms with van der Waals surface area (Å²) in [6.45, 7) is 1.94. The number of piperazine rings is 1. The molecule has 270 valence electrons. The van der Waals surface area contributed by atoms with Crippen LogP contribution in [0, 0.1) is 0 Å². The topological polar surface area (TPSA) is 126 Å². The Kier molecular flexibility index (Phi) is 11.9. The third-order valence-electron chi connectivity index (χ3n) is 9.01. The van der Waals surface area contributed by atoms with Gasteiger partial charge in [0, 0.05) is 67.9 Å². The van der Waals surface area contributed by atoms with Crippen LogP contribution in [0.5, 0.6) is 17.2 Å². The van der Waals surface area contributed by atoms with Crippen molar-refractivity contribution < 1.29 is 28.6 Å². The highest BCUT2D eigenvalue weighted by Crippen LogP contribution is 2.36. The molecule has 3 heterocycles. The Labute approximate surface area is 312 Å². The molecule has 14 heteroatoms. The van der Waals surface area contributed by atoms with Gasteiger partial charge in [0.05, 0.1) is 37.7 Å². The smallest absolute Gasteiger partial charge is 0.249 e. The zero-order valence-corrected chi connectivity index (χ0v) is 30.9. The van der Waals surface area contributed by atoms with Crippen molar-refractivity contribution in [3.63, 3.8) is 0 Å². The fourth-order valence-corrected chi connectivity index (χ4v) is 7.60. The Bertz CT molecular complexity index is 1970. The van der Waals surface area contributed by atoms with E-state index in [1.54, 1.807) is 74.4 Å². The molecule has 3 aromatic carbocycles. The van der Waals surface area contributed by atoms with Crippen LogP contribution in [-0.2, 0) is 9.59 Å². The molecular formula is C38H40N6O6S2. The quantitative estimate of drug-likeness (QED) is 0.115. The van der Waals surface area contributed by atoms with Crippen molar-refractivity contribution in [2.75, 3.05) is 69.4 Å². The highest BCUT2D eigenvalue weighted by atomic mass is 32.2. The van der Waals surface area contributed by atoms with Gasteiger partial charge in [-0.05, 0) is 29.8 Å². The molecule has 2 aliphatic heterocycles. The zero-order valence-electron chi connectivity index (χ0n) is 29.2. The van der Waals surface area contributed by atoms with E-state index >= 15 is 0 Å². The van der Waals surface area contributed by atoms with Crippen LogP contribution in [0.3, 0.4) is 0 Å². The van der Waals surface area contributed by atoms with Crippen LogP contribution in [0.4, 0.5) is 11.8 Å². The van der Waals surface area contributed by atoms with Gasteiger partial charge in [0.2, 0.25) is 17.8 Å². The first-order valence-corrected chi connectivity index (χ1v) is 18.4. The average Bonchev–Trinajstić information content (AvgIpc) is 3.69. The van der Waals surface area contributed by atoms with E-state index in [1.165, 1.54) is 0 Å². The van der Waals surface area contributed by atoms with Gasteiger partial charge < -0.3 is 34.2 Å². The van der Waals surface area contributed by atoms with E-state index < -0.39 is 6.04 Å². The van der Waals surface area contributed by atoms with Crippen molar-refractivity contribution >= 4 is 75.3 Å². The number of ketones is 1. The summed E-state index contributed by atoms with van der Waals surface area (Å²) in [7, 11) is 4.71. The largest absolute Gasteiger partial charge is 0.497 e. The molecule has 6 rings (SSSR count). The summed E-state index contributed by atoms with van der Waals surface area (Å²) < 4.78 is 16.3. The number of amides is 2. The SMILES string of the molecule is COc1ccc(C=CC(=O)N2CCN(c3nc(NC(=O)C4CSCN4C(=S)CCC(=O)c4ccccc4)c4cc(OC)c(OC)cc4n3)CC2)cc1. The van der Waals surface area contributed by atoms with Gasteiger partial charge in [0.25, 0.3) is 0 Å². The minimum Gasteiger partial charge on any atom is -0.497 e. The van der Waals surface area contributed by atoms with Crippen molar-refractivity contribution in [3.8, 4) is 17.2 Å². The van der Waals surface area contributed by atoms with Gasteiger partial charge in [0.1, 0.15) is 17.6 Å². The number of nitrogens with zero attached hydrogens (tertiary/aromatic N) is 5. The zero-order chi connectivity index (χ0) is 36.6. The number of hydrogen-bond donors (Lipinski definition) is 1. The molecular weight excluding hydrogens is 701 g/mol. The van der Waals surface area contributed by atoms with E-state index in [2.05, 4.69) is 5.32 Å². The van der Waals surface area contributed by atoms with Gasteiger partial charge in [-0.2, -0.15) is 4.98 Å². The number of Topliss-reactive ketones (excluding diaryl/α,β-unsaturated/α-hetero) is 1. The number of ether oxygens (including phenoxy) is 3. The lowest BCUT2D eigenvalue weighted by Gasteiger charge is -2.34. The van der Waals surface area contributed by atoms with Gasteiger partial charge in [-0.3, -0.25) is 14.4 Å². The van der Waals surface area contributed by atoms with Crippen LogP contribution in [0.1, 0.15) is 28.8 Å². The van der Waals surface area contributed by atoms with E-state index in [-0.39, 0.29) is 24.0 Å². The summed E-state index contributed by atoms with van der Waals surface area (Å²) in [6, 6.07) is 19.6. The Morgan fingerprint density at radius 1 is 0.904 bits per heavy atom. The van der Waals surface area contributed by atoms with Crippen molar-refractivity contribution in [1.29, 1.82) is 0 Å². The number of carbonyl (C=O) groups is 3. The maximum absolute atomic E-state index is 13.9. The summed E-state index contributed by atoms with van der Waals surface area (Å²) in [5, 5.41) is 3.64. The van der Waals surface area contributed by atoms with Crippen LogP contribution in [0.2, 0.25) is 0 Å². The van der Waals surface area contributed by atoms with Gasteiger partial charge in [-0.1, -0.05) is 54.7 Å². The number of thioether (sulfide) groups is 1. The molecule has 1 unspecified atom stereocenters. The predicted octanol–water partition coefficient (Wildman–Crippen LogP) is 5.32. The fraction of sp³-hybridized carbons (Fsp3) is 0.316. The second-order valence-corrected chi connectivity index (χ2v) is 13.6. The molecule has 0 radical (unpaired) electrons. The first-order chi connectivity index (χ1) is 25.3. The molecule has 1 aromatic heterocycles. The highest BCUT2D eigenvalue weighted by Gasteiger charge is 2.34. The second kappa shape index (κ2) is 16.9. The normalized spacial score (nSPS) is 15.9. The van der Waals surface area contributed by atoms with E-state index in [4.69, 9.17) is 36.4 Å². The van der Waals surface area contributed by atoms with E-state index in [0.29, 0.717) is 88.9 Å². The van der Waals surface area contributed by atoms with Crippen molar-refractivity contribution in [1.82, 2.24) is 19.8 Å². The molecule has 1 atom stereocenters. The van der Waals surface area contributed by atoms with Crippen LogP contribution in [-0.4, -0.2) is 108 Å². The van der Waals surface area contributed by atoms with Gasteiger partial charge in [-0.25, -0.2) is 4.98 Å². The number of methoxy groups -OCH3 is 3. The minimum absolute atomic E-state index is 0.00962. The van der Waals surface area contributed by atoms with E-state index in [9.17, 15) is 14.4 Å². The van der Waals surface area contributed by atoms with Crippen LogP contribution < -0.4 is 24.4 Å². The summed E-state index contributed by atoms with van der Waals surface area (Å²) >= 11 is 7.35. The number of aromatic nitrogens is 2. The highest BCUT2D eigenvalue weighted by molar-refractivity contribution is 7.99. The summed E-state index contributed by atoms with van der Waals surface area (Å²) in [4.78, 5) is 55.6. The van der Waals surface area contributed by atoms with Gasteiger partial charge >= 0.3 is 0 Å². The number of nitrogens with one attached hydrogen (secondary N) is 1. The molecule has 0 aliphatic carbocycles. The summed E-state index contributed by atoms with van der Waals surface area (Å²) in [5.74, 6) is 3.21. The lowest BCUT2D eigenvalue weighted by Crippen LogP contribution is -2.49. The standard InChI is InChI=1S/C38H40N6O6S2/c1-48-27-12-9-25(10-13-27)11-15-34(46)42-17-19-43(20-18-42)38-39-29-22-33(50-3)32(49-2)21-28(29)36(41-38)40-37(47)30-23-52-24-44(30)35(51)16-14-31(45)26-7-5-4-6-8-26/h4-13,15,21-22,30H,14,16-20,23-24H2,1-3H3,(H,39,40,41,47). The Morgan fingerprint density at radius 2 is 1.62 bits per heavy atom. The number of hydrogen-bond acceptors (Lipinski definition) is 11. The number of carbonyl (C=O) groups excluding carboxylic acids is 3. The predicted molar refractivity (Wildman–Crippen MR) is 208 cm³/mol. The Balaban J connectivity index is 1.17. The third-order valence-corrected chi connectivity index (χ3v) is 10.5. The average molecular weight is 741 g/mol. The molecule has 2 amide bonds. The number of rotatable bonds is 12. The number of thiocarbonyl (C=S) groups is 1. The molecule has 0 bridgehead atoms. The maximum atomic E-state index is 13.9. The Morgan fingerprint density at radius 3 is 2.31 bits per heavy atom. The second-order valence-electron chi connectivity index (χ2n) is 12.2. The molecule has 4 aromatic rings. The molecule has 1 N–H and O–H groups in total. The number of benzene rings is 3. The minimum atomic E-state index is -0.543. The van der Waals surface area contributed by atoms with Gasteiger partial charge in [0.15, 0.2) is 17.3 Å². The maximum Gasteiger partial charge on any atom is 0.249 e. The van der Waals surface area contributed by atoms with Crippen molar-refractivity contribution in [2.24, 2.45) is 0 Å². The molecule has 52 heavy (non-hydrogen) atoms. The molecule has 0 saturated carbocycles. The van der Waals surface area contributed by atoms with Crippen LogP contribution in [0.25, 0.3) is 17.0 Å². The van der Waals surface area contributed by atoms with Crippen LogP contribution in [0.15, 0.2) is 72.8 Å². The van der Waals surface area contributed by atoms with E-state index in [1.807, 2.05) is 52.3 Å². The molecule has 12 nitrogen and oxygen atoms in total. The summed E-state index contributed by atoms with van der Waals surface area (Å²) in [5.41, 5.74) is 2.10. The monoisotopic (exact) mass is 740 g/mol. The van der Waals surface area contributed by atoms with E-state index in [0.717, 1.165) is 11.3 Å². The number of anilines is 2. The lowest BCUT2D eigenvalue weighted by molar-refractivity contribution is -0.126. The van der Waals surface area contributed by atoms with Crippen molar-refractivity contribution in [3.05, 3.63) is 83.9 Å². The van der Waals surface area contributed by atoms with Gasteiger partial charge in [-0.15, -0.1) is 11.8 Å². The lowest BCUT2D eigenvalue weighted by atomic mass is 10.1. The number of fused-ring (bicyclic) bond motifs is 1. The fourth-order valence-electron chi connectivity index (χ4n) is 6.03.